The second-order valence-corrected chi connectivity index (χ2v) is 12.1. The van der Waals surface area contributed by atoms with Gasteiger partial charge in [-0.25, -0.2) is 4.79 Å². The minimum absolute atomic E-state index is 0.168. The van der Waals surface area contributed by atoms with Crippen LogP contribution in [0.15, 0.2) is 54.6 Å². The highest BCUT2D eigenvalue weighted by Crippen LogP contribution is 2.23. The van der Waals surface area contributed by atoms with Gasteiger partial charge in [0.2, 0.25) is 6.29 Å². The quantitative estimate of drug-likeness (QED) is 0.0631. The average molecular weight is 553 g/mol. The Bertz CT molecular complexity index is 909. The van der Waals surface area contributed by atoms with Crippen LogP contribution in [0.1, 0.15) is 122 Å². The third-order valence-corrected chi connectivity index (χ3v) is 7.89. The fraction of sp³-hybridized carbons (Fsp3) is 0.639. The zero-order valence-corrected chi connectivity index (χ0v) is 26.3. The van der Waals surface area contributed by atoms with Gasteiger partial charge in [0, 0.05) is 18.4 Å². The van der Waals surface area contributed by atoms with Gasteiger partial charge in [0.25, 0.3) is 0 Å². The maximum absolute atomic E-state index is 13.5. The summed E-state index contributed by atoms with van der Waals surface area (Å²) in [6.07, 6.45) is 17.4. The fourth-order valence-electron chi connectivity index (χ4n) is 5.48. The minimum Gasteiger partial charge on any atom is -0.455 e. The zero-order valence-electron chi connectivity index (χ0n) is 26.3. The molecule has 0 N–H and O–H groups in total. The maximum Gasteiger partial charge on any atom is 0.368 e. The molecule has 40 heavy (non-hydrogen) atoms. The van der Waals surface area contributed by atoms with E-state index in [2.05, 4.69) is 71.3 Å². The van der Waals surface area contributed by atoms with Crippen LogP contribution in [0.4, 0.5) is 0 Å². The number of unbranched alkanes of at least 4 members (excludes halogenated alkanes) is 9. The zero-order chi connectivity index (χ0) is 29.1. The summed E-state index contributed by atoms with van der Waals surface area (Å²) in [6.45, 7) is 7.28. The molecule has 0 bridgehead atoms. The van der Waals surface area contributed by atoms with Gasteiger partial charge in [-0.2, -0.15) is 0 Å². The summed E-state index contributed by atoms with van der Waals surface area (Å²) in [4.78, 5) is 13.5. The molecule has 2 aromatic rings. The molecule has 2 rings (SSSR count). The van der Waals surface area contributed by atoms with Crippen LogP contribution in [0.2, 0.25) is 0 Å². The molecule has 0 aliphatic rings. The van der Waals surface area contributed by atoms with E-state index in [0.29, 0.717) is 10.9 Å². The number of esters is 1. The summed E-state index contributed by atoms with van der Waals surface area (Å²) < 4.78 is 12.8. The predicted molar refractivity (Wildman–Crippen MR) is 168 cm³/mol. The Balaban J connectivity index is 1.82. The van der Waals surface area contributed by atoms with Crippen molar-refractivity contribution in [1.82, 2.24) is 0 Å². The molecule has 0 fully saturated rings. The number of quaternary nitrogens is 1. The Morgan fingerprint density at radius 1 is 0.675 bits per heavy atom. The van der Waals surface area contributed by atoms with Gasteiger partial charge in [0.1, 0.15) is 12.3 Å². The Hall–Kier alpha value is -2.33. The van der Waals surface area contributed by atoms with Crippen molar-refractivity contribution < 1.29 is 18.8 Å². The number of hydrogen-bond acceptors (Lipinski definition) is 3. The third kappa shape index (κ3) is 13.4. The lowest BCUT2D eigenvalue weighted by molar-refractivity contribution is -0.920. The first kappa shape index (κ1) is 33.9. The number of likely N-dealkylation sites (N-methyl/N-ethyl adjacent to an activating group) is 1. The van der Waals surface area contributed by atoms with E-state index in [0.717, 1.165) is 38.0 Å². The minimum atomic E-state index is -0.568. The van der Waals surface area contributed by atoms with Gasteiger partial charge in [-0.1, -0.05) is 121 Å². The Kier molecular flexibility index (Phi) is 16.7. The lowest BCUT2D eigenvalue weighted by atomic mass is 10.0. The van der Waals surface area contributed by atoms with Crippen molar-refractivity contribution in [3.05, 3.63) is 65.7 Å². The van der Waals surface area contributed by atoms with Gasteiger partial charge in [-0.3, -0.25) is 0 Å². The van der Waals surface area contributed by atoms with Crippen molar-refractivity contribution in [3.8, 4) is 5.75 Å². The van der Waals surface area contributed by atoms with Crippen molar-refractivity contribution in [2.45, 2.75) is 136 Å². The van der Waals surface area contributed by atoms with Gasteiger partial charge in [0.15, 0.2) is 6.04 Å². The van der Waals surface area contributed by atoms with E-state index < -0.39 is 6.29 Å². The number of nitrogens with zero attached hydrogens (tertiary/aromatic N) is 1. The number of carbonyl (C=O) groups is 1. The topological polar surface area (TPSA) is 35.5 Å². The SMILES string of the molecule is CCCCCCCCCCCCc1ccc(OC(CCC)OC(=O)C(CCC)[N+](C)(C)Cc2ccccc2)cc1. The highest BCUT2D eigenvalue weighted by atomic mass is 16.7. The van der Waals surface area contributed by atoms with Gasteiger partial charge in [-0.05, 0) is 43.4 Å². The van der Waals surface area contributed by atoms with E-state index in [-0.39, 0.29) is 12.0 Å². The molecule has 0 radical (unpaired) electrons. The van der Waals surface area contributed by atoms with Crippen molar-refractivity contribution in [1.29, 1.82) is 0 Å². The van der Waals surface area contributed by atoms with Gasteiger partial charge in [0.05, 0.1) is 14.1 Å². The van der Waals surface area contributed by atoms with Crippen LogP contribution in [0.25, 0.3) is 0 Å². The number of ether oxygens (including phenoxy) is 2. The lowest BCUT2D eigenvalue weighted by Crippen LogP contribution is -2.53. The molecule has 2 atom stereocenters. The van der Waals surface area contributed by atoms with Gasteiger partial charge < -0.3 is 14.0 Å². The molecule has 0 aliphatic carbocycles. The second kappa shape index (κ2) is 19.7. The van der Waals surface area contributed by atoms with E-state index >= 15 is 0 Å². The summed E-state index contributed by atoms with van der Waals surface area (Å²) in [5, 5.41) is 0. The molecule has 0 amide bonds. The van der Waals surface area contributed by atoms with E-state index in [4.69, 9.17) is 9.47 Å². The molecule has 224 valence electrons. The standard InChI is InChI=1S/C36H58NO3/c1-6-9-10-11-12-13-14-15-16-18-23-31-26-28-33(29-27-31)39-35(22-8-3)40-36(38)34(21-7-2)37(4,5)30-32-24-19-17-20-25-32/h17,19-20,24-29,34-35H,6-16,18,21-23,30H2,1-5H3/q+1. The summed E-state index contributed by atoms with van der Waals surface area (Å²) in [5.41, 5.74) is 2.57. The lowest BCUT2D eigenvalue weighted by Gasteiger charge is -2.37. The number of rotatable bonds is 22. The summed E-state index contributed by atoms with van der Waals surface area (Å²) in [6, 6.07) is 18.5. The molecular formula is C36H58NO3+. The maximum atomic E-state index is 13.5. The van der Waals surface area contributed by atoms with Gasteiger partial charge in [-0.15, -0.1) is 0 Å². The van der Waals surface area contributed by atoms with E-state index in [1.54, 1.807) is 0 Å². The van der Waals surface area contributed by atoms with E-state index in [1.165, 1.54) is 75.3 Å². The van der Waals surface area contributed by atoms with Crippen LogP contribution in [0.3, 0.4) is 0 Å². The van der Waals surface area contributed by atoms with Crippen molar-refractivity contribution >= 4 is 5.97 Å². The summed E-state index contributed by atoms with van der Waals surface area (Å²) in [5.74, 6) is 0.599. The van der Waals surface area contributed by atoms with Crippen LogP contribution in [0.5, 0.6) is 5.75 Å². The number of aryl methyl sites for hydroxylation is 1. The van der Waals surface area contributed by atoms with Crippen LogP contribution in [-0.4, -0.2) is 36.9 Å². The highest BCUT2D eigenvalue weighted by Gasteiger charge is 2.37. The average Bonchev–Trinajstić information content (AvgIpc) is 2.94. The molecule has 4 nitrogen and oxygen atoms in total. The Morgan fingerprint density at radius 2 is 1.25 bits per heavy atom. The largest absolute Gasteiger partial charge is 0.455 e. The molecule has 0 saturated heterocycles. The fourth-order valence-corrected chi connectivity index (χ4v) is 5.48. The van der Waals surface area contributed by atoms with Crippen molar-refractivity contribution in [3.63, 3.8) is 0 Å². The Morgan fingerprint density at radius 3 is 1.82 bits per heavy atom. The number of hydrogen-bond donors (Lipinski definition) is 0. The predicted octanol–water partition coefficient (Wildman–Crippen LogP) is 9.64. The molecule has 0 spiro atoms. The monoisotopic (exact) mass is 552 g/mol. The second-order valence-electron chi connectivity index (χ2n) is 12.1. The number of benzene rings is 2. The smallest absolute Gasteiger partial charge is 0.368 e. The summed E-state index contributed by atoms with van der Waals surface area (Å²) >= 11 is 0. The molecular weight excluding hydrogens is 494 g/mol. The highest BCUT2D eigenvalue weighted by molar-refractivity contribution is 5.74. The van der Waals surface area contributed by atoms with E-state index in [9.17, 15) is 4.79 Å². The summed E-state index contributed by atoms with van der Waals surface area (Å²) in [7, 11) is 4.25. The molecule has 0 heterocycles. The van der Waals surface area contributed by atoms with E-state index in [1.807, 2.05) is 18.2 Å². The van der Waals surface area contributed by atoms with Crippen LogP contribution >= 0.6 is 0 Å². The van der Waals surface area contributed by atoms with Crippen LogP contribution < -0.4 is 4.74 Å². The first-order valence-electron chi connectivity index (χ1n) is 16.2. The molecule has 2 aromatic carbocycles. The first-order chi connectivity index (χ1) is 19.4. The first-order valence-corrected chi connectivity index (χ1v) is 16.2. The Labute approximate surface area is 246 Å². The number of carbonyl (C=O) groups excluding carboxylic acids is 1. The third-order valence-electron chi connectivity index (χ3n) is 7.89. The van der Waals surface area contributed by atoms with Crippen molar-refractivity contribution in [2.75, 3.05) is 14.1 Å². The molecule has 2 unspecified atom stereocenters. The normalized spacial score (nSPS) is 13.1. The molecule has 0 saturated carbocycles. The molecule has 0 aromatic heterocycles. The van der Waals surface area contributed by atoms with Crippen LogP contribution in [-0.2, 0) is 22.5 Å². The van der Waals surface area contributed by atoms with Gasteiger partial charge >= 0.3 is 5.97 Å². The van der Waals surface area contributed by atoms with Crippen LogP contribution in [0, 0.1) is 0 Å². The molecule has 4 heteroatoms. The van der Waals surface area contributed by atoms with Crippen molar-refractivity contribution in [2.24, 2.45) is 0 Å². The molecule has 0 aliphatic heterocycles.